The molecule has 0 heterocycles. The van der Waals surface area contributed by atoms with E-state index in [1.54, 1.807) is 12.1 Å². The molecule has 0 atom stereocenters. The van der Waals surface area contributed by atoms with Crippen molar-refractivity contribution in [2.24, 2.45) is 0 Å². The summed E-state index contributed by atoms with van der Waals surface area (Å²) in [5, 5.41) is 3.47. The molecular weight excluding hydrogens is 292 g/mol. The van der Waals surface area contributed by atoms with Crippen LogP contribution in [-0.4, -0.2) is 12.1 Å². The van der Waals surface area contributed by atoms with E-state index in [1.165, 1.54) is 0 Å². The lowest BCUT2D eigenvalue weighted by atomic mass is 10.1. The van der Waals surface area contributed by atoms with Crippen molar-refractivity contribution in [2.75, 3.05) is 6.54 Å². The zero-order valence-corrected chi connectivity index (χ0v) is 12.0. The molecule has 0 saturated heterocycles. The molecule has 1 aromatic carbocycles. The lowest BCUT2D eigenvalue weighted by Crippen LogP contribution is -2.37. The van der Waals surface area contributed by atoms with Gasteiger partial charge in [-0.3, -0.25) is 0 Å². The Kier molecular flexibility index (Phi) is 4.77. The summed E-state index contributed by atoms with van der Waals surface area (Å²) in [6.45, 7) is 6.98. The number of hydrogen-bond acceptors (Lipinski definition) is 1. The first-order valence-electron chi connectivity index (χ1n) is 5.18. The van der Waals surface area contributed by atoms with Gasteiger partial charge in [0.1, 0.15) is 5.82 Å². The van der Waals surface area contributed by atoms with Crippen LogP contribution < -0.4 is 5.32 Å². The molecule has 0 saturated carbocycles. The van der Waals surface area contributed by atoms with E-state index in [9.17, 15) is 4.39 Å². The molecule has 16 heavy (non-hydrogen) atoms. The smallest absolute Gasteiger partial charge is 0.146 e. The van der Waals surface area contributed by atoms with Crippen molar-refractivity contribution in [3.05, 3.63) is 33.0 Å². The molecule has 1 aromatic rings. The van der Waals surface area contributed by atoms with E-state index in [1.807, 2.05) is 0 Å². The molecule has 1 rings (SSSR count). The summed E-state index contributed by atoms with van der Waals surface area (Å²) in [6, 6.07) is 3.54. The van der Waals surface area contributed by atoms with Crippen molar-refractivity contribution in [3.8, 4) is 0 Å². The summed E-state index contributed by atoms with van der Waals surface area (Å²) in [7, 11) is 0. The van der Waals surface area contributed by atoms with Gasteiger partial charge in [0.05, 0.1) is 5.02 Å². The Morgan fingerprint density at radius 3 is 2.56 bits per heavy atom. The van der Waals surface area contributed by atoms with Gasteiger partial charge < -0.3 is 5.32 Å². The number of halogens is 3. The highest BCUT2D eigenvalue weighted by atomic mass is 79.9. The molecule has 90 valence electrons. The Bertz CT molecular complexity index is 374. The summed E-state index contributed by atoms with van der Waals surface area (Å²) in [5.74, 6) is -0.327. The monoisotopic (exact) mass is 307 g/mol. The second-order valence-electron chi connectivity index (χ2n) is 4.76. The van der Waals surface area contributed by atoms with E-state index in [0.717, 1.165) is 6.54 Å². The number of hydrogen-bond donors (Lipinski definition) is 1. The Labute approximate surface area is 110 Å². The van der Waals surface area contributed by atoms with Gasteiger partial charge in [0.2, 0.25) is 0 Å². The molecule has 0 aliphatic heterocycles. The van der Waals surface area contributed by atoms with Gasteiger partial charge in [0.15, 0.2) is 0 Å². The third kappa shape index (κ3) is 4.04. The molecule has 0 amide bonds. The largest absolute Gasteiger partial charge is 0.312 e. The SMILES string of the molecule is CC(C)(C)NCCc1ccc(Br)c(Cl)c1F. The van der Waals surface area contributed by atoms with Crippen LogP contribution in [0.15, 0.2) is 16.6 Å². The molecule has 0 aliphatic carbocycles. The molecule has 0 spiro atoms. The number of benzene rings is 1. The maximum atomic E-state index is 13.7. The molecule has 0 fully saturated rings. The summed E-state index contributed by atoms with van der Waals surface area (Å²) in [5.41, 5.74) is 0.695. The fourth-order valence-corrected chi connectivity index (χ4v) is 1.82. The highest BCUT2D eigenvalue weighted by Gasteiger charge is 2.12. The van der Waals surface area contributed by atoms with Crippen molar-refractivity contribution in [1.82, 2.24) is 5.32 Å². The molecule has 0 bridgehead atoms. The lowest BCUT2D eigenvalue weighted by Gasteiger charge is -2.20. The quantitative estimate of drug-likeness (QED) is 0.826. The predicted molar refractivity (Wildman–Crippen MR) is 70.6 cm³/mol. The van der Waals surface area contributed by atoms with E-state index < -0.39 is 0 Å². The number of rotatable bonds is 3. The first-order valence-corrected chi connectivity index (χ1v) is 6.36. The van der Waals surface area contributed by atoms with E-state index in [-0.39, 0.29) is 16.4 Å². The Hall–Kier alpha value is -0.120. The van der Waals surface area contributed by atoms with Crippen LogP contribution >= 0.6 is 27.5 Å². The van der Waals surface area contributed by atoms with E-state index in [0.29, 0.717) is 16.5 Å². The third-order valence-corrected chi connectivity index (χ3v) is 3.42. The van der Waals surface area contributed by atoms with E-state index in [4.69, 9.17) is 11.6 Å². The average molecular weight is 309 g/mol. The average Bonchev–Trinajstić information content (AvgIpc) is 2.16. The summed E-state index contributed by atoms with van der Waals surface area (Å²) in [4.78, 5) is 0. The van der Waals surface area contributed by atoms with Crippen LogP contribution in [0.3, 0.4) is 0 Å². The van der Waals surface area contributed by atoms with Crippen LogP contribution in [0.2, 0.25) is 5.02 Å². The summed E-state index contributed by atoms with van der Waals surface area (Å²) in [6.07, 6.45) is 0.635. The lowest BCUT2D eigenvalue weighted by molar-refractivity contribution is 0.427. The topological polar surface area (TPSA) is 12.0 Å². The van der Waals surface area contributed by atoms with Crippen LogP contribution in [0.25, 0.3) is 0 Å². The molecule has 1 N–H and O–H groups in total. The fourth-order valence-electron chi connectivity index (χ4n) is 1.33. The minimum absolute atomic E-state index is 0.0512. The molecule has 0 radical (unpaired) electrons. The molecular formula is C12H16BrClFN. The first-order chi connectivity index (χ1) is 7.31. The molecule has 0 aromatic heterocycles. The van der Waals surface area contributed by atoms with Gasteiger partial charge in [0, 0.05) is 10.0 Å². The summed E-state index contributed by atoms with van der Waals surface area (Å²) >= 11 is 9.00. The third-order valence-electron chi connectivity index (χ3n) is 2.16. The predicted octanol–water partition coefficient (Wildman–Crippen LogP) is 4.17. The fraction of sp³-hybridized carbons (Fsp3) is 0.500. The Morgan fingerprint density at radius 1 is 1.38 bits per heavy atom. The van der Waals surface area contributed by atoms with Gasteiger partial charge >= 0.3 is 0 Å². The molecule has 0 aliphatic rings. The van der Waals surface area contributed by atoms with Crippen LogP contribution in [0.1, 0.15) is 26.3 Å². The normalized spacial score (nSPS) is 11.9. The second kappa shape index (κ2) is 5.48. The van der Waals surface area contributed by atoms with Gasteiger partial charge in [-0.1, -0.05) is 17.7 Å². The van der Waals surface area contributed by atoms with Crippen molar-refractivity contribution >= 4 is 27.5 Å². The molecule has 1 nitrogen and oxygen atoms in total. The summed E-state index contributed by atoms with van der Waals surface area (Å²) < 4.78 is 14.3. The van der Waals surface area contributed by atoms with Crippen molar-refractivity contribution in [1.29, 1.82) is 0 Å². The van der Waals surface area contributed by atoms with Crippen molar-refractivity contribution in [3.63, 3.8) is 0 Å². The van der Waals surface area contributed by atoms with Crippen LogP contribution in [0, 0.1) is 5.82 Å². The zero-order chi connectivity index (χ0) is 12.3. The maximum Gasteiger partial charge on any atom is 0.146 e. The Morgan fingerprint density at radius 2 is 2.00 bits per heavy atom. The molecule has 0 unspecified atom stereocenters. The highest BCUT2D eigenvalue weighted by molar-refractivity contribution is 9.10. The van der Waals surface area contributed by atoms with Gasteiger partial charge in [-0.05, 0) is 61.3 Å². The van der Waals surface area contributed by atoms with Crippen LogP contribution in [0.4, 0.5) is 4.39 Å². The van der Waals surface area contributed by atoms with Crippen LogP contribution in [-0.2, 0) is 6.42 Å². The van der Waals surface area contributed by atoms with Crippen molar-refractivity contribution in [2.45, 2.75) is 32.7 Å². The second-order valence-corrected chi connectivity index (χ2v) is 5.99. The maximum absolute atomic E-state index is 13.7. The van der Waals surface area contributed by atoms with Gasteiger partial charge in [-0.2, -0.15) is 0 Å². The van der Waals surface area contributed by atoms with E-state index in [2.05, 4.69) is 42.0 Å². The van der Waals surface area contributed by atoms with Gasteiger partial charge in [-0.15, -0.1) is 0 Å². The van der Waals surface area contributed by atoms with Gasteiger partial charge in [-0.25, -0.2) is 4.39 Å². The minimum Gasteiger partial charge on any atom is -0.312 e. The van der Waals surface area contributed by atoms with Crippen LogP contribution in [0.5, 0.6) is 0 Å². The van der Waals surface area contributed by atoms with E-state index >= 15 is 0 Å². The first kappa shape index (κ1) is 13.9. The Balaban J connectivity index is 2.65. The standard InChI is InChI=1S/C12H16BrClFN/c1-12(2,3)16-7-6-8-4-5-9(13)10(14)11(8)15/h4-5,16H,6-7H2,1-3H3. The zero-order valence-electron chi connectivity index (χ0n) is 9.70. The van der Waals surface area contributed by atoms with Crippen molar-refractivity contribution < 1.29 is 4.39 Å². The minimum atomic E-state index is -0.327. The van der Waals surface area contributed by atoms with Gasteiger partial charge in [0.25, 0.3) is 0 Å². The number of nitrogens with one attached hydrogen (secondary N) is 1. The molecule has 4 heteroatoms. The highest BCUT2D eigenvalue weighted by Crippen LogP contribution is 2.27.